The van der Waals surface area contributed by atoms with E-state index in [0.29, 0.717) is 32.8 Å². The van der Waals surface area contributed by atoms with Crippen LogP contribution in [0.4, 0.5) is 17.6 Å². The lowest BCUT2D eigenvalue weighted by Gasteiger charge is -2.25. The highest BCUT2D eigenvalue weighted by Crippen LogP contribution is 2.31. The van der Waals surface area contributed by atoms with E-state index >= 15 is 0 Å². The molecule has 1 aliphatic rings. The van der Waals surface area contributed by atoms with Gasteiger partial charge in [-0.3, -0.25) is 4.90 Å². The van der Waals surface area contributed by atoms with Gasteiger partial charge in [0.1, 0.15) is 0 Å². The van der Waals surface area contributed by atoms with Gasteiger partial charge in [0.05, 0.1) is 24.9 Å². The lowest BCUT2D eigenvalue weighted by molar-refractivity contribution is 0.0435. The van der Waals surface area contributed by atoms with Crippen molar-refractivity contribution >= 4 is 6.08 Å². The molecule has 1 aliphatic heterocycles. The summed E-state index contributed by atoms with van der Waals surface area (Å²) in [5, 5.41) is 0. The minimum Gasteiger partial charge on any atom is -0.485 e. The molecule has 0 radical (unpaired) electrons. The van der Waals surface area contributed by atoms with Crippen LogP contribution >= 0.6 is 0 Å². The first-order valence-electron chi connectivity index (χ1n) is 7.41. The minimum absolute atomic E-state index is 0.412. The molecule has 23 heavy (non-hydrogen) atoms. The van der Waals surface area contributed by atoms with Crippen LogP contribution in [0.15, 0.2) is 6.08 Å². The van der Waals surface area contributed by atoms with Crippen molar-refractivity contribution in [2.45, 2.75) is 20.0 Å². The first-order valence-corrected chi connectivity index (χ1v) is 7.41. The molecule has 0 spiro atoms. The van der Waals surface area contributed by atoms with Crippen LogP contribution in [0.3, 0.4) is 0 Å². The summed E-state index contributed by atoms with van der Waals surface area (Å²) in [6.45, 7) is 5.98. The quantitative estimate of drug-likeness (QED) is 0.609. The Balaban J connectivity index is 2.21. The molecular weight excluding hydrogens is 314 g/mol. The van der Waals surface area contributed by atoms with Gasteiger partial charge < -0.3 is 9.47 Å². The second kappa shape index (κ2) is 7.79. The van der Waals surface area contributed by atoms with Gasteiger partial charge in [-0.25, -0.2) is 8.78 Å². The van der Waals surface area contributed by atoms with Gasteiger partial charge in [-0.1, -0.05) is 12.2 Å². The maximum atomic E-state index is 14.0. The SMILES string of the molecule is CC(C)Oc1c(F)c(F)c(/C=C/CN2CCOCC2)c(F)c1F. The van der Waals surface area contributed by atoms with Gasteiger partial charge in [0, 0.05) is 19.6 Å². The number of morpholine rings is 1. The number of hydrogen-bond donors (Lipinski definition) is 0. The molecule has 1 heterocycles. The second-order valence-electron chi connectivity index (χ2n) is 5.48. The summed E-state index contributed by atoms with van der Waals surface area (Å²) in [6.07, 6.45) is 1.90. The normalized spacial score (nSPS) is 16.5. The largest absolute Gasteiger partial charge is 0.485 e. The van der Waals surface area contributed by atoms with Crippen LogP contribution in [-0.4, -0.2) is 43.9 Å². The van der Waals surface area contributed by atoms with Gasteiger partial charge in [-0.05, 0) is 13.8 Å². The third-order valence-electron chi connectivity index (χ3n) is 3.36. The van der Waals surface area contributed by atoms with Gasteiger partial charge in [0.2, 0.25) is 11.6 Å². The van der Waals surface area contributed by atoms with Crippen LogP contribution in [0.2, 0.25) is 0 Å². The van der Waals surface area contributed by atoms with E-state index in [4.69, 9.17) is 9.47 Å². The number of ether oxygens (including phenoxy) is 2. The third kappa shape index (κ3) is 4.23. The Morgan fingerprint density at radius 2 is 1.61 bits per heavy atom. The molecule has 0 aromatic heterocycles. The number of rotatable bonds is 5. The van der Waals surface area contributed by atoms with Crippen molar-refractivity contribution in [3.63, 3.8) is 0 Å². The molecule has 7 heteroatoms. The zero-order chi connectivity index (χ0) is 17.0. The molecule has 0 saturated carbocycles. The van der Waals surface area contributed by atoms with Gasteiger partial charge >= 0.3 is 0 Å². The zero-order valence-electron chi connectivity index (χ0n) is 13.0. The maximum absolute atomic E-state index is 14.0. The lowest BCUT2D eigenvalue weighted by atomic mass is 10.1. The molecule has 128 valence electrons. The van der Waals surface area contributed by atoms with E-state index in [-0.39, 0.29) is 0 Å². The van der Waals surface area contributed by atoms with Gasteiger partial charge in [0.25, 0.3) is 0 Å². The highest BCUT2D eigenvalue weighted by atomic mass is 19.2. The number of nitrogens with zero attached hydrogens (tertiary/aromatic N) is 1. The Morgan fingerprint density at radius 1 is 1.04 bits per heavy atom. The summed E-state index contributed by atoms with van der Waals surface area (Å²) in [7, 11) is 0. The summed E-state index contributed by atoms with van der Waals surface area (Å²) in [5.74, 6) is -7.00. The van der Waals surface area contributed by atoms with Crippen molar-refractivity contribution in [1.82, 2.24) is 4.90 Å². The van der Waals surface area contributed by atoms with Crippen LogP contribution in [0.25, 0.3) is 6.08 Å². The summed E-state index contributed by atoms with van der Waals surface area (Å²) < 4.78 is 65.7. The number of benzene rings is 1. The van der Waals surface area contributed by atoms with E-state index in [0.717, 1.165) is 6.08 Å². The van der Waals surface area contributed by atoms with E-state index in [1.54, 1.807) is 0 Å². The summed E-state index contributed by atoms with van der Waals surface area (Å²) in [5.41, 5.74) is -0.746. The molecule has 0 bridgehead atoms. The molecule has 0 aliphatic carbocycles. The van der Waals surface area contributed by atoms with Gasteiger partial charge in [-0.15, -0.1) is 0 Å². The number of halogens is 4. The van der Waals surface area contributed by atoms with E-state index in [9.17, 15) is 17.6 Å². The molecular formula is C16H19F4NO2. The summed E-state index contributed by atoms with van der Waals surface area (Å²) in [4.78, 5) is 2.00. The Kier molecular flexibility index (Phi) is 6.01. The topological polar surface area (TPSA) is 21.7 Å². The fourth-order valence-corrected chi connectivity index (χ4v) is 2.22. The van der Waals surface area contributed by atoms with Crippen molar-refractivity contribution in [3.05, 3.63) is 34.9 Å². The van der Waals surface area contributed by atoms with Gasteiger partial charge in [-0.2, -0.15) is 8.78 Å². The lowest BCUT2D eigenvalue weighted by Crippen LogP contribution is -2.36. The molecule has 1 aromatic carbocycles. The Morgan fingerprint density at radius 3 is 2.13 bits per heavy atom. The van der Waals surface area contributed by atoms with Crippen LogP contribution in [-0.2, 0) is 4.74 Å². The van der Waals surface area contributed by atoms with Crippen molar-refractivity contribution in [1.29, 1.82) is 0 Å². The maximum Gasteiger partial charge on any atom is 0.204 e. The minimum atomic E-state index is -1.52. The van der Waals surface area contributed by atoms with Crippen molar-refractivity contribution < 1.29 is 27.0 Å². The fraction of sp³-hybridized carbons (Fsp3) is 0.500. The fourth-order valence-electron chi connectivity index (χ4n) is 2.22. The first kappa shape index (κ1) is 17.7. The van der Waals surface area contributed by atoms with Crippen LogP contribution in [0, 0.1) is 23.3 Å². The summed E-state index contributed by atoms with van der Waals surface area (Å²) in [6, 6.07) is 0. The van der Waals surface area contributed by atoms with Crippen molar-refractivity contribution in [2.24, 2.45) is 0 Å². The highest BCUT2D eigenvalue weighted by Gasteiger charge is 2.26. The molecule has 2 rings (SSSR count). The van der Waals surface area contributed by atoms with E-state index in [1.165, 1.54) is 19.9 Å². The van der Waals surface area contributed by atoms with Crippen molar-refractivity contribution in [2.75, 3.05) is 32.8 Å². The standard InChI is InChI=1S/C16H19F4NO2/c1-10(2)23-16-14(19)12(17)11(13(18)15(16)20)4-3-5-21-6-8-22-9-7-21/h3-4,10H,5-9H2,1-2H3/b4-3+. The average Bonchev–Trinajstić information content (AvgIpc) is 2.54. The molecule has 0 amide bonds. The predicted octanol–water partition coefficient (Wildman–Crippen LogP) is 3.38. The number of hydrogen-bond acceptors (Lipinski definition) is 3. The molecule has 1 saturated heterocycles. The molecule has 0 N–H and O–H groups in total. The van der Waals surface area contributed by atoms with Crippen LogP contribution < -0.4 is 4.74 Å². The van der Waals surface area contributed by atoms with E-state index < -0.39 is 40.7 Å². The zero-order valence-corrected chi connectivity index (χ0v) is 13.0. The monoisotopic (exact) mass is 333 g/mol. The Hall–Kier alpha value is -1.60. The van der Waals surface area contributed by atoms with Crippen molar-refractivity contribution in [3.8, 4) is 5.75 Å². The average molecular weight is 333 g/mol. The first-order chi connectivity index (χ1) is 10.9. The Bertz CT molecular complexity index is 555. The predicted molar refractivity (Wildman–Crippen MR) is 78.3 cm³/mol. The van der Waals surface area contributed by atoms with E-state index in [1.807, 2.05) is 4.90 Å². The Labute approximate surface area is 132 Å². The molecule has 1 fully saturated rings. The smallest absolute Gasteiger partial charge is 0.204 e. The van der Waals surface area contributed by atoms with Crippen LogP contribution in [0.5, 0.6) is 5.75 Å². The van der Waals surface area contributed by atoms with E-state index in [2.05, 4.69) is 0 Å². The second-order valence-corrected chi connectivity index (χ2v) is 5.48. The third-order valence-corrected chi connectivity index (χ3v) is 3.36. The van der Waals surface area contributed by atoms with Gasteiger partial charge in [0.15, 0.2) is 17.4 Å². The highest BCUT2D eigenvalue weighted by molar-refractivity contribution is 5.54. The molecule has 3 nitrogen and oxygen atoms in total. The molecule has 0 atom stereocenters. The summed E-state index contributed by atoms with van der Waals surface area (Å²) >= 11 is 0. The van der Waals surface area contributed by atoms with Crippen LogP contribution in [0.1, 0.15) is 19.4 Å². The molecule has 0 unspecified atom stereocenters. The molecule has 1 aromatic rings.